The summed E-state index contributed by atoms with van der Waals surface area (Å²) in [4.78, 5) is 2.37. The van der Waals surface area contributed by atoms with Crippen LogP contribution in [0.15, 0.2) is 24.3 Å². The molecule has 0 spiro atoms. The van der Waals surface area contributed by atoms with Crippen LogP contribution in [-0.2, 0) is 0 Å². The lowest BCUT2D eigenvalue weighted by Gasteiger charge is -2.24. The first kappa shape index (κ1) is 11.5. The number of hydrogen-bond donors (Lipinski definition) is 1. The predicted molar refractivity (Wildman–Crippen MR) is 69.8 cm³/mol. The van der Waals surface area contributed by atoms with E-state index in [9.17, 15) is 0 Å². The maximum absolute atomic E-state index is 5.95. The van der Waals surface area contributed by atoms with Crippen LogP contribution in [0.3, 0.4) is 0 Å². The van der Waals surface area contributed by atoms with E-state index in [4.69, 9.17) is 5.73 Å². The molecule has 2 unspecified atom stereocenters. The number of nitrogens with two attached hydrogens (primary N) is 1. The summed E-state index contributed by atoms with van der Waals surface area (Å²) in [5.41, 5.74) is 8.65. The van der Waals surface area contributed by atoms with Crippen LogP contribution in [0.25, 0.3) is 0 Å². The average Bonchev–Trinajstić information content (AvgIpc) is 2.64. The summed E-state index contributed by atoms with van der Waals surface area (Å²) in [6, 6.07) is 9.02. The quantitative estimate of drug-likeness (QED) is 0.845. The van der Waals surface area contributed by atoms with Crippen LogP contribution in [0.2, 0.25) is 0 Å². The van der Waals surface area contributed by atoms with Gasteiger partial charge in [0.1, 0.15) is 0 Å². The van der Waals surface area contributed by atoms with Gasteiger partial charge in [0.2, 0.25) is 0 Å². The Balaban J connectivity index is 1.98. The van der Waals surface area contributed by atoms with Crippen molar-refractivity contribution in [2.24, 2.45) is 11.7 Å². The average molecular weight is 218 g/mol. The summed E-state index contributed by atoms with van der Waals surface area (Å²) in [5.74, 6) is 0.777. The molecule has 1 fully saturated rings. The van der Waals surface area contributed by atoms with Crippen molar-refractivity contribution in [2.45, 2.75) is 32.2 Å². The van der Waals surface area contributed by atoms with Gasteiger partial charge >= 0.3 is 0 Å². The Morgan fingerprint density at radius 1 is 1.31 bits per heavy atom. The van der Waals surface area contributed by atoms with E-state index in [1.54, 1.807) is 0 Å². The summed E-state index contributed by atoms with van der Waals surface area (Å²) in [6.07, 6.45) is 3.68. The van der Waals surface area contributed by atoms with Crippen LogP contribution in [0.5, 0.6) is 0 Å². The molecule has 2 rings (SSSR count). The fourth-order valence-corrected chi connectivity index (χ4v) is 2.76. The van der Waals surface area contributed by atoms with Gasteiger partial charge in [0, 0.05) is 25.3 Å². The molecule has 2 N–H and O–H groups in total. The molecule has 88 valence electrons. The van der Waals surface area contributed by atoms with Crippen molar-refractivity contribution in [1.82, 2.24) is 0 Å². The minimum atomic E-state index is 0.440. The van der Waals surface area contributed by atoms with Crippen LogP contribution >= 0.6 is 0 Å². The van der Waals surface area contributed by atoms with Gasteiger partial charge in [0.25, 0.3) is 0 Å². The second-order valence-electron chi connectivity index (χ2n) is 5.11. The molecule has 0 radical (unpaired) electrons. The van der Waals surface area contributed by atoms with Crippen LogP contribution < -0.4 is 10.6 Å². The number of anilines is 1. The van der Waals surface area contributed by atoms with Gasteiger partial charge in [-0.3, -0.25) is 0 Å². The Hall–Kier alpha value is -1.02. The van der Waals surface area contributed by atoms with Gasteiger partial charge in [-0.1, -0.05) is 18.2 Å². The molecule has 0 bridgehead atoms. The number of benzene rings is 1. The highest BCUT2D eigenvalue weighted by Crippen LogP contribution is 2.27. The monoisotopic (exact) mass is 218 g/mol. The third-order valence-corrected chi connectivity index (χ3v) is 3.64. The van der Waals surface area contributed by atoms with Crippen molar-refractivity contribution in [3.05, 3.63) is 29.8 Å². The smallest absolute Gasteiger partial charge is 0.0393 e. The zero-order chi connectivity index (χ0) is 11.5. The third-order valence-electron chi connectivity index (χ3n) is 3.64. The molecule has 2 nitrogen and oxygen atoms in total. The first-order valence-corrected chi connectivity index (χ1v) is 6.19. The van der Waals surface area contributed by atoms with Crippen LogP contribution in [0.1, 0.15) is 24.8 Å². The van der Waals surface area contributed by atoms with Gasteiger partial charge in [-0.15, -0.1) is 0 Å². The summed E-state index contributed by atoms with van der Waals surface area (Å²) < 4.78 is 0. The lowest BCUT2D eigenvalue weighted by atomic mass is 10.1. The van der Waals surface area contributed by atoms with Crippen molar-refractivity contribution < 1.29 is 0 Å². The van der Waals surface area contributed by atoms with Crippen LogP contribution in [-0.4, -0.2) is 19.6 Å². The Bertz CT molecular complexity index is 348. The molecule has 1 aromatic rings. The first-order valence-electron chi connectivity index (χ1n) is 6.19. The van der Waals surface area contributed by atoms with E-state index >= 15 is 0 Å². The SMILES string of the molecule is Cc1ccccc1N(C)CC1CCC(N)C1. The molecule has 0 heterocycles. The van der Waals surface area contributed by atoms with Crippen LogP contribution in [0.4, 0.5) is 5.69 Å². The van der Waals surface area contributed by atoms with Gasteiger partial charge in [-0.2, -0.15) is 0 Å². The summed E-state index contributed by atoms with van der Waals surface area (Å²) in [5, 5.41) is 0. The van der Waals surface area contributed by atoms with Crippen molar-refractivity contribution in [3.63, 3.8) is 0 Å². The number of aryl methyl sites for hydroxylation is 1. The molecule has 1 saturated carbocycles. The van der Waals surface area contributed by atoms with E-state index in [-0.39, 0.29) is 0 Å². The molecule has 2 heteroatoms. The van der Waals surface area contributed by atoms with Gasteiger partial charge in [0.15, 0.2) is 0 Å². The van der Waals surface area contributed by atoms with Crippen molar-refractivity contribution >= 4 is 5.69 Å². The molecule has 0 aliphatic heterocycles. The van der Waals surface area contributed by atoms with E-state index < -0.39 is 0 Å². The molecule has 1 aliphatic carbocycles. The highest BCUT2D eigenvalue weighted by molar-refractivity contribution is 5.52. The molecular formula is C14H22N2. The van der Waals surface area contributed by atoms with Gasteiger partial charge < -0.3 is 10.6 Å². The van der Waals surface area contributed by atoms with Crippen molar-refractivity contribution in [1.29, 1.82) is 0 Å². The normalized spacial score (nSPS) is 24.7. The minimum absolute atomic E-state index is 0.440. The van der Waals surface area contributed by atoms with Crippen LogP contribution in [0, 0.1) is 12.8 Å². The second-order valence-corrected chi connectivity index (χ2v) is 5.11. The van der Waals surface area contributed by atoms with Gasteiger partial charge in [-0.05, 0) is 43.7 Å². The molecule has 16 heavy (non-hydrogen) atoms. The fraction of sp³-hybridized carbons (Fsp3) is 0.571. The molecule has 2 atom stereocenters. The lowest BCUT2D eigenvalue weighted by Crippen LogP contribution is -2.26. The number of rotatable bonds is 3. The summed E-state index contributed by atoms with van der Waals surface area (Å²) in [6.45, 7) is 3.31. The predicted octanol–water partition coefficient (Wildman–Crippen LogP) is 2.56. The zero-order valence-corrected chi connectivity index (χ0v) is 10.3. The van der Waals surface area contributed by atoms with E-state index in [1.165, 1.54) is 30.5 Å². The number of para-hydroxylation sites is 1. The van der Waals surface area contributed by atoms with E-state index in [1.807, 2.05) is 0 Å². The second kappa shape index (κ2) is 4.88. The number of nitrogens with zero attached hydrogens (tertiary/aromatic N) is 1. The largest absolute Gasteiger partial charge is 0.374 e. The highest BCUT2D eigenvalue weighted by atomic mass is 15.1. The van der Waals surface area contributed by atoms with E-state index in [2.05, 4.69) is 43.1 Å². The molecular weight excluding hydrogens is 196 g/mol. The highest BCUT2D eigenvalue weighted by Gasteiger charge is 2.23. The molecule has 0 aromatic heterocycles. The van der Waals surface area contributed by atoms with Crippen molar-refractivity contribution in [3.8, 4) is 0 Å². The van der Waals surface area contributed by atoms with Crippen molar-refractivity contribution in [2.75, 3.05) is 18.5 Å². The van der Waals surface area contributed by atoms with Gasteiger partial charge in [-0.25, -0.2) is 0 Å². The van der Waals surface area contributed by atoms with E-state index in [0.717, 1.165) is 12.5 Å². The third kappa shape index (κ3) is 2.56. The summed E-state index contributed by atoms with van der Waals surface area (Å²) >= 11 is 0. The van der Waals surface area contributed by atoms with E-state index in [0.29, 0.717) is 6.04 Å². The first-order chi connectivity index (χ1) is 7.66. The maximum Gasteiger partial charge on any atom is 0.0393 e. The zero-order valence-electron chi connectivity index (χ0n) is 10.3. The molecule has 0 saturated heterocycles. The standard InChI is InChI=1S/C14H22N2/c1-11-5-3-4-6-14(11)16(2)10-12-7-8-13(15)9-12/h3-6,12-13H,7-10,15H2,1-2H3. The number of hydrogen-bond acceptors (Lipinski definition) is 2. The Morgan fingerprint density at radius 3 is 2.69 bits per heavy atom. The maximum atomic E-state index is 5.95. The lowest BCUT2D eigenvalue weighted by molar-refractivity contribution is 0.536. The Kier molecular flexibility index (Phi) is 3.49. The molecule has 1 aromatic carbocycles. The van der Waals surface area contributed by atoms with Gasteiger partial charge in [0.05, 0.1) is 0 Å². The molecule has 0 amide bonds. The fourth-order valence-electron chi connectivity index (χ4n) is 2.76. The Morgan fingerprint density at radius 2 is 2.06 bits per heavy atom. The summed E-state index contributed by atoms with van der Waals surface area (Å²) in [7, 11) is 2.19. The molecule has 1 aliphatic rings. The Labute approximate surface area is 98.4 Å². The minimum Gasteiger partial charge on any atom is -0.374 e. The topological polar surface area (TPSA) is 29.3 Å².